The number of benzene rings is 2. The number of halogens is 1. The van der Waals surface area contributed by atoms with Gasteiger partial charge in [0.15, 0.2) is 0 Å². The topological polar surface area (TPSA) is 70.7 Å². The van der Waals surface area contributed by atoms with E-state index in [1.807, 2.05) is 23.4 Å². The monoisotopic (exact) mass is 427 g/mol. The van der Waals surface area contributed by atoms with Gasteiger partial charge < -0.3 is 15.4 Å². The zero-order valence-electron chi connectivity index (χ0n) is 16.4. The number of hydrogen-bond donors (Lipinski definition) is 2. The summed E-state index contributed by atoms with van der Waals surface area (Å²) >= 11 is 1.37. The second kappa shape index (κ2) is 10.5. The Labute approximate surface area is 178 Å². The fraction of sp³-hybridized carbons (Fsp3) is 0.182. The first-order valence-electron chi connectivity index (χ1n) is 9.31. The van der Waals surface area contributed by atoms with Crippen molar-refractivity contribution in [3.05, 3.63) is 76.7 Å². The summed E-state index contributed by atoms with van der Waals surface area (Å²) in [6.45, 7) is 1.12. The summed E-state index contributed by atoms with van der Waals surface area (Å²) in [4.78, 5) is 26.7. The van der Waals surface area contributed by atoms with E-state index in [-0.39, 0.29) is 24.2 Å². The Morgan fingerprint density at radius 1 is 1.00 bits per heavy atom. The van der Waals surface area contributed by atoms with Crippen molar-refractivity contribution in [2.24, 2.45) is 0 Å². The Bertz CT molecular complexity index is 960. The van der Waals surface area contributed by atoms with Crippen LogP contribution >= 0.6 is 11.3 Å². The molecule has 0 unspecified atom stereocenters. The Morgan fingerprint density at radius 3 is 2.30 bits per heavy atom. The first-order chi connectivity index (χ1) is 14.5. The number of nitrogens with zero attached hydrogens (tertiary/aromatic N) is 1. The largest absolute Gasteiger partial charge is 0.492 e. The van der Waals surface area contributed by atoms with Crippen molar-refractivity contribution in [2.75, 3.05) is 37.4 Å². The molecular formula is C22H22FN3O3S. The maximum absolute atomic E-state index is 12.9. The molecule has 1 heterocycles. The zero-order chi connectivity index (χ0) is 21.3. The SMILES string of the molecule is CN(CCOc1ccc(F)cc1)CC(=O)Nc1ccc(NC(=O)c2cccs2)cc1. The van der Waals surface area contributed by atoms with Crippen LogP contribution in [0.4, 0.5) is 15.8 Å². The highest BCUT2D eigenvalue weighted by atomic mass is 32.1. The van der Waals surface area contributed by atoms with Crippen molar-refractivity contribution in [1.29, 1.82) is 0 Å². The molecular weight excluding hydrogens is 405 g/mol. The average molecular weight is 428 g/mol. The smallest absolute Gasteiger partial charge is 0.265 e. The van der Waals surface area contributed by atoms with Crippen LogP contribution in [-0.2, 0) is 4.79 Å². The molecule has 0 aliphatic heterocycles. The van der Waals surface area contributed by atoms with Crippen molar-refractivity contribution in [2.45, 2.75) is 0 Å². The van der Waals surface area contributed by atoms with Crippen molar-refractivity contribution in [3.63, 3.8) is 0 Å². The number of amides is 2. The summed E-state index contributed by atoms with van der Waals surface area (Å²) in [6, 6.07) is 16.3. The molecule has 1 aromatic heterocycles. The molecule has 2 N–H and O–H groups in total. The lowest BCUT2D eigenvalue weighted by molar-refractivity contribution is -0.117. The standard InChI is InChI=1S/C22H22FN3O3S/c1-26(12-13-29-19-10-4-16(23)5-11-19)15-21(27)24-17-6-8-18(9-7-17)25-22(28)20-3-2-14-30-20/h2-11,14H,12-13,15H2,1H3,(H,24,27)(H,25,28). The Hall–Kier alpha value is -3.23. The van der Waals surface area contributed by atoms with E-state index in [2.05, 4.69) is 10.6 Å². The van der Waals surface area contributed by atoms with Crippen LogP contribution in [0.3, 0.4) is 0 Å². The van der Waals surface area contributed by atoms with Gasteiger partial charge in [-0.1, -0.05) is 6.07 Å². The Morgan fingerprint density at radius 2 is 1.67 bits per heavy atom. The number of likely N-dealkylation sites (N-methyl/N-ethyl adjacent to an activating group) is 1. The zero-order valence-corrected chi connectivity index (χ0v) is 17.2. The second-order valence-electron chi connectivity index (χ2n) is 6.60. The number of thiophene rings is 1. The summed E-state index contributed by atoms with van der Waals surface area (Å²) < 4.78 is 18.4. The van der Waals surface area contributed by atoms with E-state index < -0.39 is 0 Å². The van der Waals surface area contributed by atoms with E-state index in [1.54, 1.807) is 42.5 Å². The van der Waals surface area contributed by atoms with Gasteiger partial charge in [0.05, 0.1) is 11.4 Å². The summed E-state index contributed by atoms with van der Waals surface area (Å²) in [5.74, 6) is -0.0458. The maximum Gasteiger partial charge on any atom is 0.265 e. The van der Waals surface area contributed by atoms with Crippen molar-refractivity contribution < 1.29 is 18.7 Å². The average Bonchev–Trinajstić information content (AvgIpc) is 3.26. The molecule has 0 saturated heterocycles. The molecule has 30 heavy (non-hydrogen) atoms. The van der Waals surface area contributed by atoms with Gasteiger partial charge in [-0.15, -0.1) is 11.3 Å². The molecule has 0 bridgehead atoms. The maximum atomic E-state index is 12.9. The van der Waals surface area contributed by atoms with Gasteiger partial charge in [-0.2, -0.15) is 0 Å². The van der Waals surface area contributed by atoms with E-state index in [4.69, 9.17) is 4.74 Å². The fourth-order valence-electron chi connectivity index (χ4n) is 2.61. The highest BCUT2D eigenvalue weighted by molar-refractivity contribution is 7.12. The van der Waals surface area contributed by atoms with Crippen LogP contribution in [-0.4, -0.2) is 43.5 Å². The number of hydrogen-bond acceptors (Lipinski definition) is 5. The highest BCUT2D eigenvalue weighted by Gasteiger charge is 2.09. The molecule has 0 aliphatic carbocycles. The lowest BCUT2D eigenvalue weighted by atomic mass is 10.2. The van der Waals surface area contributed by atoms with E-state index in [9.17, 15) is 14.0 Å². The van der Waals surface area contributed by atoms with Crippen LogP contribution in [0.5, 0.6) is 5.75 Å². The lowest BCUT2D eigenvalue weighted by Gasteiger charge is -2.16. The van der Waals surface area contributed by atoms with Crippen LogP contribution in [0.2, 0.25) is 0 Å². The van der Waals surface area contributed by atoms with Crippen molar-refractivity contribution in [3.8, 4) is 5.75 Å². The molecule has 2 aromatic carbocycles. The Kier molecular flexibility index (Phi) is 7.53. The fourth-order valence-corrected chi connectivity index (χ4v) is 3.23. The number of carbonyl (C=O) groups excluding carboxylic acids is 2. The molecule has 156 valence electrons. The minimum atomic E-state index is -0.311. The van der Waals surface area contributed by atoms with Crippen LogP contribution in [0.1, 0.15) is 9.67 Å². The Balaban J connectivity index is 1.39. The van der Waals surface area contributed by atoms with E-state index in [0.717, 1.165) is 0 Å². The predicted octanol–water partition coefficient (Wildman–Crippen LogP) is 4.09. The molecule has 0 fully saturated rings. The van der Waals surface area contributed by atoms with Crippen LogP contribution in [0, 0.1) is 5.82 Å². The second-order valence-corrected chi connectivity index (χ2v) is 7.54. The number of anilines is 2. The van der Waals surface area contributed by atoms with Gasteiger partial charge in [0.1, 0.15) is 18.2 Å². The third-order valence-electron chi connectivity index (χ3n) is 4.14. The van der Waals surface area contributed by atoms with Gasteiger partial charge in [-0.25, -0.2) is 4.39 Å². The normalized spacial score (nSPS) is 10.6. The first-order valence-corrected chi connectivity index (χ1v) is 10.2. The number of rotatable bonds is 9. The molecule has 2 amide bonds. The number of carbonyl (C=O) groups is 2. The van der Waals surface area contributed by atoms with Gasteiger partial charge in [0.25, 0.3) is 5.91 Å². The summed E-state index contributed by atoms with van der Waals surface area (Å²) in [5.41, 5.74) is 1.30. The highest BCUT2D eigenvalue weighted by Crippen LogP contribution is 2.16. The summed E-state index contributed by atoms with van der Waals surface area (Å²) in [7, 11) is 1.82. The summed E-state index contributed by atoms with van der Waals surface area (Å²) in [6.07, 6.45) is 0. The van der Waals surface area contributed by atoms with E-state index >= 15 is 0 Å². The lowest BCUT2D eigenvalue weighted by Crippen LogP contribution is -2.33. The molecule has 0 atom stereocenters. The molecule has 3 rings (SSSR count). The van der Waals surface area contributed by atoms with E-state index in [1.165, 1.54) is 23.5 Å². The van der Waals surface area contributed by atoms with Gasteiger partial charge in [-0.3, -0.25) is 14.5 Å². The minimum Gasteiger partial charge on any atom is -0.492 e. The van der Waals surface area contributed by atoms with Crippen LogP contribution < -0.4 is 15.4 Å². The molecule has 0 saturated carbocycles. The minimum absolute atomic E-state index is 0.158. The third kappa shape index (κ3) is 6.68. The predicted molar refractivity (Wildman–Crippen MR) is 117 cm³/mol. The molecule has 6 nitrogen and oxygen atoms in total. The van der Waals surface area contributed by atoms with E-state index in [0.29, 0.717) is 35.2 Å². The molecule has 0 aliphatic rings. The molecule has 0 radical (unpaired) electrons. The van der Waals surface area contributed by atoms with Gasteiger partial charge in [0, 0.05) is 17.9 Å². The quantitative estimate of drug-likeness (QED) is 0.540. The van der Waals surface area contributed by atoms with Crippen molar-refractivity contribution in [1.82, 2.24) is 4.90 Å². The summed E-state index contributed by atoms with van der Waals surface area (Å²) in [5, 5.41) is 7.48. The number of nitrogens with one attached hydrogen (secondary N) is 2. The molecule has 3 aromatic rings. The molecule has 0 spiro atoms. The third-order valence-corrected chi connectivity index (χ3v) is 5.01. The van der Waals surface area contributed by atoms with Crippen LogP contribution in [0.15, 0.2) is 66.0 Å². The van der Waals surface area contributed by atoms with Crippen molar-refractivity contribution >= 4 is 34.5 Å². The first kappa shape index (κ1) is 21.5. The van der Waals surface area contributed by atoms with Gasteiger partial charge in [0.2, 0.25) is 5.91 Å². The molecule has 8 heteroatoms. The van der Waals surface area contributed by atoms with Crippen LogP contribution in [0.25, 0.3) is 0 Å². The van der Waals surface area contributed by atoms with Gasteiger partial charge >= 0.3 is 0 Å². The number of ether oxygens (including phenoxy) is 1. The van der Waals surface area contributed by atoms with Gasteiger partial charge in [-0.05, 0) is 67.0 Å².